The molecule has 182 valence electrons. The van der Waals surface area contributed by atoms with Crippen LogP contribution in [0, 0.1) is 0 Å². The monoisotopic (exact) mass is 551 g/mol. The quantitative estimate of drug-likeness (QED) is 0.288. The van der Waals surface area contributed by atoms with E-state index in [1.54, 1.807) is 23.9 Å². The standard InChI is InChI=1S/C24H20Cl3N3O4S/c25-15-11-17(26)20(18(27)12-15)29-23(34)28-19-10-14-4-2-1-3-13(14)9-16(19)21(31)30-24(22(32)33)5-7-35-8-6-24/h1-4,9-12H,5-8H2,(H,30,31)(H,32,33)(H2,28,29,34). The fraction of sp³-hybridized carbons (Fsp3) is 0.208. The van der Waals surface area contributed by atoms with Crippen LogP contribution in [-0.4, -0.2) is 40.1 Å². The van der Waals surface area contributed by atoms with Gasteiger partial charge in [-0.2, -0.15) is 11.8 Å². The first kappa shape index (κ1) is 25.4. The lowest BCUT2D eigenvalue weighted by Gasteiger charge is -2.34. The summed E-state index contributed by atoms with van der Waals surface area (Å²) in [6, 6.07) is 12.8. The van der Waals surface area contributed by atoms with Crippen LogP contribution in [0.3, 0.4) is 0 Å². The number of carboxylic acids is 1. The van der Waals surface area contributed by atoms with Crippen molar-refractivity contribution in [3.05, 3.63) is 69.2 Å². The van der Waals surface area contributed by atoms with Crippen LogP contribution >= 0.6 is 46.6 Å². The number of carbonyl (C=O) groups is 3. The SMILES string of the molecule is O=C(Nc1cc2ccccc2cc1C(=O)NC1(C(=O)O)CCSCC1)Nc1c(Cl)cc(Cl)cc1Cl. The second-order valence-electron chi connectivity index (χ2n) is 8.02. The molecule has 0 unspecified atom stereocenters. The summed E-state index contributed by atoms with van der Waals surface area (Å²) in [5.41, 5.74) is -0.874. The maximum Gasteiger partial charge on any atom is 0.329 e. The molecule has 1 heterocycles. The Labute approximate surface area is 220 Å². The molecular weight excluding hydrogens is 533 g/mol. The zero-order valence-corrected chi connectivity index (χ0v) is 21.2. The molecule has 0 spiro atoms. The van der Waals surface area contributed by atoms with Crippen molar-refractivity contribution in [1.82, 2.24) is 5.32 Å². The zero-order valence-electron chi connectivity index (χ0n) is 18.2. The van der Waals surface area contributed by atoms with Crippen LogP contribution in [0.15, 0.2) is 48.5 Å². The van der Waals surface area contributed by atoms with Crippen molar-refractivity contribution in [3.63, 3.8) is 0 Å². The van der Waals surface area contributed by atoms with Gasteiger partial charge in [0.15, 0.2) is 0 Å². The second kappa shape index (κ2) is 10.5. The molecule has 35 heavy (non-hydrogen) atoms. The average Bonchev–Trinajstić information content (AvgIpc) is 2.81. The number of anilines is 2. The Kier molecular flexibility index (Phi) is 7.66. The summed E-state index contributed by atoms with van der Waals surface area (Å²) in [7, 11) is 0. The van der Waals surface area contributed by atoms with E-state index in [-0.39, 0.29) is 27.0 Å². The number of hydrogen-bond donors (Lipinski definition) is 4. The van der Waals surface area contributed by atoms with E-state index in [2.05, 4.69) is 16.0 Å². The van der Waals surface area contributed by atoms with Gasteiger partial charge >= 0.3 is 12.0 Å². The van der Waals surface area contributed by atoms with Crippen LogP contribution in [-0.2, 0) is 4.79 Å². The Morgan fingerprint density at radius 1 is 0.886 bits per heavy atom. The molecule has 3 amide bonds. The fourth-order valence-corrected chi connectivity index (χ4v) is 5.96. The third-order valence-electron chi connectivity index (χ3n) is 5.73. The highest BCUT2D eigenvalue weighted by atomic mass is 35.5. The van der Waals surface area contributed by atoms with Crippen molar-refractivity contribution in [2.24, 2.45) is 0 Å². The van der Waals surface area contributed by atoms with Crippen molar-refractivity contribution in [2.75, 3.05) is 22.1 Å². The van der Waals surface area contributed by atoms with Gasteiger partial charge in [-0.15, -0.1) is 0 Å². The van der Waals surface area contributed by atoms with E-state index in [4.69, 9.17) is 34.8 Å². The third kappa shape index (κ3) is 5.62. The lowest BCUT2D eigenvalue weighted by molar-refractivity contribution is -0.144. The number of nitrogens with one attached hydrogen (secondary N) is 3. The average molecular weight is 553 g/mol. The Morgan fingerprint density at radius 2 is 1.49 bits per heavy atom. The number of carbonyl (C=O) groups excluding carboxylic acids is 2. The minimum Gasteiger partial charge on any atom is -0.480 e. The van der Waals surface area contributed by atoms with Crippen LogP contribution in [0.4, 0.5) is 16.2 Å². The molecule has 0 radical (unpaired) electrons. The molecule has 3 aromatic rings. The molecule has 4 rings (SSSR count). The number of fused-ring (bicyclic) bond motifs is 1. The van der Waals surface area contributed by atoms with Crippen molar-refractivity contribution >= 4 is 86.6 Å². The smallest absolute Gasteiger partial charge is 0.329 e. The second-order valence-corrected chi connectivity index (χ2v) is 10.5. The van der Waals surface area contributed by atoms with Gasteiger partial charge in [0, 0.05) is 5.02 Å². The topological polar surface area (TPSA) is 108 Å². The predicted molar refractivity (Wildman–Crippen MR) is 142 cm³/mol. The molecule has 1 saturated heterocycles. The first-order valence-corrected chi connectivity index (χ1v) is 12.9. The van der Waals surface area contributed by atoms with E-state index in [1.165, 1.54) is 12.1 Å². The van der Waals surface area contributed by atoms with Gasteiger partial charge in [0.25, 0.3) is 5.91 Å². The maximum atomic E-state index is 13.4. The number of urea groups is 1. The molecule has 1 aliphatic heterocycles. The van der Waals surface area contributed by atoms with Crippen molar-refractivity contribution in [2.45, 2.75) is 18.4 Å². The predicted octanol–water partition coefficient (Wildman–Crippen LogP) is 6.52. The van der Waals surface area contributed by atoms with Gasteiger partial charge in [-0.05, 0) is 59.4 Å². The van der Waals surface area contributed by atoms with Crippen molar-refractivity contribution in [3.8, 4) is 0 Å². The lowest BCUT2D eigenvalue weighted by atomic mass is 9.91. The number of thioether (sulfide) groups is 1. The number of hydrogen-bond acceptors (Lipinski definition) is 4. The fourth-order valence-electron chi connectivity index (χ4n) is 3.86. The van der Waals surface area contributed by atoms with Gasteiger partial charge in [0.05, 0.1) is 27.0 Å². The number of amides is 3. The summed E-state index contributed by atoms with van der Waals surface area (Å²) in [4.78, 5) is 38.3. The molecule has 0 aromatic heterocycles. The summed E-state index contributed by atoms with van der Waals surface area (Å²) in [5, 5.41) is 20.0. The minimum absolute atomic E-state index is 0.131. The van der Waals surface area contributed by atoms with Crippen LogP contribution in [0.2, 0.25) is 15.1 Å². The Morgan fingerprint density at radius 3 is 2.09 bits per heavy atom. The Hall–Kier alpha value is -2.65. The minimum atomic E-state index is -1.36. The van der Waals surface area contributed by atoms with Gasteiger partial charge in [0.2, 0.25) is 0 Å². The molecule has 1 aliphatic rings. The molecule has 3 aromatic carbocycles. The molecule has 0 bridgehead atoms. The molecule has 1 fully saturated rings. The number of rotatable bonds is 5. The first-order chi connectivity index (χ1) is 16.7. The highest BCUT2D eigenvalue weighted by molar-refractivity contribution is 7.99. The molecule has 0 atom stereocenters. The van der Waals surface area contributed by atoms with Crippen LogP contribution in [0.5, 0.6) is 0 Å². The molecule has 0 saturated carbocycles. The normalized spacial score (nSPS) is 14.8. The van der Waals surface area contributed by atoms with Crippen LogP contribution < -0.4 is 16.0 Å². The zero-order chi connectivity index (χ0) is 25.2. The van der Waals surface area contributed by atoms with E-state index in [0.29, 0.717) is 29.4 Å². The summed E-state index contributed by atoms with van der Waals surface area (Å²) >= 11 is 19.9. The first-order valence-electron chi connectivity index (χ1n) is 10.6. The van der Waals surface area contributed by atoms with Crippen molar-refractivity contribution in [1.29, 1.82) is 0 Å². The van der Waals surface area contributed by atoms with Crippen molar-refractivity contribution < 1.29 is 19.5 Å². The summed E-state index contributed by atoms with van der Waals surface area (Å²) in [6.45, 7) is 0. The van der Waals surface area contributed by atoms with Crippen LogP contribution in [0.1, 0.15) is 23.2 Å². The number of halogens is 3. The van der Waals surface area contributed by atoms with Crippen LogP contribution in [0.25, 0.3) is 10.8 Å². The van der Waals surface area contributed by atoms with Gasteiger partial charge in [-0.1, -0.05) is 59.1 Å². The molecule has 7 nitrogen and oxygen atoms in total. The van der Waals surface area contributed by atoms with Gasteiger partial charge in [0.1, 0.15) is 5.54 Å². The van der Waals surface area contributed by atoms with E-state index in [9.17, 15) is 19.5 Å². The van der Waals surface area contributed by atoms with E-state index in [1.807, 2.05) is 24.3 Å². The number of aliphatic carboxylic acids is 1. The number of carboxylic acid groups (broad SMARTS) is 1. The van der Waals surface area contributed by atoms with E-state index >= 15 is 0 Å². The summed E-state index contributed by atoms with van der Waals surface area (Å²) in [5.74, 6) is -0.421. The Balaban J connectivity index is 1.66. The summed E-state index contributed by atoms with van der Waals surface area (Å²) < 4.78 is 0. The van der Waals surface area contributed by atoms with E-state index < -0.39 is 23.4 Å². The van der Waals surface area contributed by atoms with Gasteiger partial charge < -0.3 is 21.1 Å². The molecule has 0 aliphatic carbocycles. The highest BCUT2D eigenvalue weighted by Gasteiger charge is 2.41. The lowest BCUT2D eigenvalue weighted by Crippen LogP contribution is -2.56. The number of benzene rings is 3. The largest absolute Gasteiger partial charge is 0.480 e. The summed E-state index contributed by atoms with van der Waals surface area (Å²) in [6.07, 6.45) is 0.617. The maximum absolute atomic E-state index is 13.4. The third-order valence-corrected chi connectivity index (χ3v) is 7.53. The molecular formula is C24H20Cl3N3O4S. The Bertz CT molecular complexity index is 1310. The molecule has 11 heteroatoms. The highest BCUT2D eigenvalue weighted by Crippen LogP contribution is 2.34. The van der Waals surface area contributed by atoms with Gasteiger partial charge in [-0.3, -0.25) is 4.79 Å². The van der Waals surface area contributed by atoms with E-state index in [0.717, 1.165) is 10.8 Å². The van der Waals surface area contributed by atoms with Gasteiger partial charge in [-0.25, -0.2) is 9.59 Å². The molecule has 4 N–H and O–H groups in total.